The van der Waals surface area contributed by atoms with Crippen LogP contribution in [0.15, 0.2) is 36.4 Å². The average molecular weight is 416 g/mol. The van der Waals surface area contributed by atoms with Crippen molar-refractivity contribution in [3.05, 3.63) is 57.6 Å². The van der Waals surface area contributed by atoms with Crippen molar-refractivity contribution >= 4 is 17.6 Å². The van der Waals surface area contributed by atoms with Crippen LogP contribution in [0.25, 0.3) is 0 Å². The lowest BCUT2D eigenvalue weighted by molar-refractivity contribution is -0.384. The SMILES string of the molecule is CCN(Cc1ccc2c(c1)OCO2)C(=O)COC(=O)c1cc([N+](=O)[O-])ccc1OC. The molecule has 1 aliphatic heterocycles. The number of carbonyl (C=O) groups is 2. The zero-order valence-electron chi connectivity index (χ0n) is 16.5. The van der Waals surface area contributed by atoms with Gasteiger partial charge in [0.2, 0.25) is 6.79 Å². The van der Waals surface area contributed by atoms with E-state index in [1.165, 1.54) is 24.1 Å². The fourth-order valence-corrected chi connectivity index (χ4v) is 2.90. The van der Waals surface area contributed by atoms with E-state index in [2.05, 4.69) is 0 Å². The smallest absolute Gasteiger partial charge is 0.342 e. The summed E-state index contributed by atoms with van der Waals surface area (Å²) in [5.41, 5.74) is 0.423. The minimum absolute atomic E-state index is 0.116. The monoisotopic (exact) mass is 416 g/mol. The number of methoxy groups -OCH3 is 1. The summed E-state index contributed by atoms with van der Waals surface area (Å²) in [5, 5.41) is 10.9. The summed E-state index contributed by atoms with van der Waals surface area (Å²) in [6.45, 7) is 2.14. The number of amides is 1. The maximum atomic E-state index is 12.5. The summed E-state index contributed by atoms with van der Waals surface area (Å²) >= 11 is 0. The van der Waals surface area contributed by atoms with Gasteiger partial charge < -0.3 is 23.8 Å². The number of benzene rings is 2. The first kappa shape index (κ1) is 20.9. The minimum Gasteiger partial charge on any atom is -0.496 e. The number of nitro benzene ring substituents is 1. The highest BCUT2D eigenvalue weighted by Crippen LogP contribution is 2.32. The van der Waals surface area contributed by atoms with E-state index in [-0.39, 0.29) is 23.8 Å². The molecule has 1 aliphatic rings. The van der Waals surface area contributed by atoms with Crippen LogP contribution in [-0.4, -0.2) is 48.8 Å². The first-order valence-corrected chi connectivity index (χ1v) is 9.08. The minimum atomic E-state index is -0.886. The molecule has 0 aromatic heterocycles. The van der Waals surface area contributed by atoms with Crippen molar-refractivity contribution in [2.75, 3.05) is 27.1 Å². The van der Waals surface area contributed by atoms with E-state index in [0.717, 1.165) is 11.6 Å². The molecule has 2 aromatic rings. The molecule has 0 atom stereocenters. The third kappa shape index (κ3) is 4.59. The Hall–Kier alpha value is -3.82. The fraction of sp³-hybridized carbons (Fsp3) is 0.300. The Labute approximate surface area is 172 Å². The Bertz CT molecular complexity index is 975. The number of esters is 1. The fourth-order valence-electron chi connectivity index (χ4n) is 2.90. The first-order chi connectivity index (χ1) is 14.4. The lowest BCUT2D eigenvalue weighted by Gasteiger charge is -2.21. The molecular weight excluding hydrogens is 396 g/mol. The molecule has 3 rings (SSSR count). The molecule has 0 spiro atoms. The molecule has 0 aliphatic carbocycles. The predicted octanol–water partition coefficient (Wildman–Crippen LogP) is 2.54. The standard InChI is InChI=1S/C20H20N2O8/c1-3-21(10-13-4-6-17-18(8-13)30-12-29-17)19(23)11-28-20(24)15-9-14(22(25)26)5-7-16(15)27-2/h4-9H,3,10-12H2,1-2H3. The summed E-state index contributed by atoms with van der Waals surface area (Å²) in [7, 11) is 1.33. The van der Waals surface area contributed by atoms with Gasteiger partial charge in [-0.25, -0.2) is 4.79 Å². The third-order valence-corrected chi connectivity index (χ3v) is 4.49. The molecule has 30 heavy (non-hydrogen) atoms. The lowest BCUT2D eigenvalue weighted by Crippen LogP contribution is -2.34. The molecule has 158 valence electrons. The molecule has 0 saturated carbocycles. The van der Waals surface area contributed by atoms with E-state index in [1.54, 1.807) is 19.1 Å². The van der Waals surface area contributed by atoms with Gasteiger partial charge in [0.15, 0.2) is 18.1 Å². The van der Waals surface area contributed by atoms with Gasteiger partial charge in [0, 0.05) is 25.2 Å². The van der Waals surface area contributed by atoms with Crippen LogP contribution < -0.4 is 14.2 Å². The number of nitro groups is 1. The highest BCUT2D eigenvalue weighted by molar-refractivity contribution is 5.94. The molecule has 10 heteroatoms. The Kier molecular flexibility index (Phi) is 6.35. The van der Waals surface area contributed by atoms with Gasteiger partial charge in [0.05, 0.1) is 12.0 Å². The van der Waals surface area contributed by atoms with Crippen LogP contribution >= 0.6 is 0 Å². The van der Waals surface area contributed by atoms with Gasteiger partial charge in [-0.3, -0.25) is 14.9 Å². The van der Waals surface area contributed by atoms with Crippen molar-refractivity contribution in [2.24, 2.45) is 0 Å². The van der Waals surface area contributed by atoms with Crippen LogP contribution in [0.3, 0.4) is 0 Å². The Morgan fingerprint density at radius 2 is 1.93 bits per heavy atom. The number of hydrogen-bond donors (Lipinski definition) is 0. The Morgan fingerprint density at radius 3 is 2.63 bits per heavy atom. The third-order valence-electron chi connectivity index (χ3n) is 4.49. The highest BCUT2D eigenvalue weighted by Gasteiger charge is 2.22. The Balaban J connectivity index is 1.64. The normalized spacial score (nSPS) is 11.7. The predicted molar refractivity (Wildman–Crippen MR) is 104 cm³/mol. The number of fused-ring (bicyclic) bond motifs is 1. The van der Waals surface area contributed by atoms with Crippen LogP contribution in [0.2, 0.25) is 0 Å². The summed E-state index contributed by atoms with van der Waals surface area (Å²) in [6, 6.07) is 8.95. The van der Waals surface area contributed by atoms with E-state index >= 15 is 0 Å². The number of non-ortho nitro benzene ring substituents is 1. The van der Waals surface area contributed by atoms with Gasteiger partial charge in [0.25, 0.3) is 11.6 Å². The molecule has 2 aromatic carbocycles. The molecule has 0 bridgehead atoms. The van der Waals surface area contributed by atoms with Gasteiger partial charge in [-0.05, 0) is 30.7 Å². The number of ether oxygens (including phenoxy) is 4. The molecule has 1 amide bonds. The molecule has 0 fully saturated rings. The van der Waals surface area contributed by atoms with Gasteiger partial charge in [-0.15, -0.1) is 0 Å². The van der Waals surface area contributed by atoms with Crippen molar-refractivity contribution in [2.45, 2.75) is 13.5 Å². The van der Waals surface area contributed by atoms with Crippen molar-refractivity contribution < 1.29 is 33.5 Å². The van der Waals surface area contributed by atoms with Crippen molar-refractivity contribution in [1.82, 2.24) is 4.90 Å². The summed E-state index contributed by atoms with van der Waals surface area (Å²) in [6.07, 6.45) is 0. The number of likely N-dealkylation sites (N-methyl/N-ethyl adjacent to an activating group) is 1. The lowest BCUT2D eigenvalue weighted by atomic mass is 10.2. The molecule has 10 nitrogen and oxygen atoms in total. The van der Waals surface area contributed by atoms with Crippen molar-refractivity contribution in [3.8, 4) is 17.2 Å². The largest absolute Gasteiger partial charge is 0.496 e. The van der Waals surface area contributed by atoms with Crippen molar-refractivity contribution in [1.29, 1.82) is 0 Å². The molecule has 1 heterocycles. The summed E-state index contributed by atoms with van der Waals surface area (Å²) in [5.74, 6) is 0.0786. The van der Waals surface area contributed by atoms with E-state index in [9.17, 15) is 19.7 Å². The summed E-state index contributed by atoms with van der Waals surface area (Å²) < 4.78 is 20.7. The number of carbonyl (C=O) groups excluding carboxylic acids is 2. The second-order valence-corrected chi connectivity index (χ2v) is 6.31. The van der Waals surface area contributed by atoms with Crippen LogP contribution in [0, 0.1) is 10.1 Å². The van der Waals surface area contributed by atoms with Crippen LogP contribution in [0.4, 0.5) is 5.69 Å². The van der Waals surface area contributed by atoms with E-state index < -0.39 is 23.4 Å². The van der Waals surface area contributed by atoms with Gasteiger partial charge in [-0.1, -0.05) is 6.07 Å². The molecule has 0 radical (unpaired) electrons. The van der Waals surface area contributed by atoms with E-state index in [4.69, 9.17) is 18.9 Å². The highest BCUT2D eigenvalue weighted by atomic mass is 16.7. The first-order valence-electron chi connectivity index (χ1n) is 9.08. The quantitative estimate of drug-likeness (QED) is 0.366. The number of rotatable bonds is 8. The molecule has 0 saturated heterocycles. The van der Waals surface area contributed by atoms with Gasteiger partial charge in [0.1, 0.15) is 11.3 Å². The van der Waals surface area contributed by atoms with Crippen LogP contribution in [0.5, 0.6) is 17.2 Å². The second kappa shape index (κ2) is 9.12. The molecule has 0 unspecified atom stereocenters. The van der Waals surface area contributed by atoms with Crippen LogP contribution in [0.1, 0.15) is 22.8 Å². The van der Waals surface area contributed by atoms with Crippen LogP contribution in [-0.2, 0) is 16.1 Å². The molecule has 0 N–H and O–H groups in total. The maximum Gasteiger partial charge on any atom is 0.342 e. The van der Waals surface area contributed by atoms with Gasteiger partial charge in [-0.2, -0.15) is 0 Å². The second-order valence-electron chi connectivity index (χ2n) is 6.31. The Morgan fingerprint density at radius 1 is 1.17 bits per heavy atom. The van der Waals surface area contributed by atoms with E-state index in [0.29, 0.717) is 24.6 Å². The molecular formula is C20H20N2O8. The maximum absolute atomic E-state index is 12.5. The zero-order chi connectivity index (χ0) is 21.7. The average Bonchev–Trinajstić information content (AvgIpc) is 3.22. The topological polar surface area (TPSA) is 117 Å². The zero-order valence-corrected chi connectivity index (χ0v) is 16.5. The number of hydrogen-bond acceptors (Lipinski definition) is 8. The summed E-state index contributed by atoms with van der Waals surface area (Å²) in [4.78, 5) is 36.7. The number of nitrogens with zero attached hydrogens (tertiary/aromatic N) is 2. The van der Waals surface area contributed by atoms with E-state index in [1.807, 2.05) is 6.07 Å². The van der Waals surface area contributed by atoms with Crippen molar-refractivity contribution in [3.63, 3.8) is 0 Å². The van der Waals surface area contributed by atoms with Gasteiger partial charge >= 0.3 is 5.97 Å².